The number of carbonyl (C=O) groups is 1. The van der Waals surface area contributed by atoms with Crippen molar-refractivity contribution in [1.82, 2.24) is 10.2 Å². The molecule has 1 amide bonds. The third-order valence-electron chi connectivity index (χ3n) is 4.18. The van der Waals surface area contributed by atoms with Crippen LogP contribution in [-0.4, -0.2) is 23.4 Å². The smallest absolute Gasteiger partial charge is 0.238 e. The fourth-order valence-corrected chi connectivity index (χ4v) is 2.81. The van der Waals surface area contributed by atoms with Gasteiger partial charge in [0, 0.05) is 6.04 Å². The average Bonchev–Trinajstić information content (AvgIpc) is 2.70. The highest BCUT2D eigenvalue weighted by molar-refractivity contribution is 5.81. The van der Waals surface area contributed by atoms with E-state index in [0.29, 0.717) is 12.6 Å². The molecule has 96 valence electrons. The Balaban J connectivity index is 1.82. The van der Waals surface area contributed by atoms with E-state index in [2.05, 4.69) is 41.4 Å². The predicted molar refractivity (Wildman–Crippen MR) is 71.0 cm³/mol. The first-order valence-corrected chi connectivity index (χ1v) is 6.93. The lowest BCUT2D eigenvalue weighted by molar-refractivity contribution is -0.132. The number of hydrogen-bond donors (Lipinski definition) is 1. The van der Waals surface area contributed by atoms with E-state index in [0.717, 1.165) is 19.3 Å². The van der Waals surface area contributed by atoms with Crippen molar-refractivity contribution in [1.29, 1.82) is 0 Å². The summed E-state index contributed by atoms with van der Waals surface area (Å²) in [5.41, 5.74) is 2.56. The van der Waals surface area contributed by atoms with Gasteiger partial charge in [-0.3, -0.25) is 10.1 Å². The van der Waals surface area contributed by atoms with Crippen molar-refractivity contribution in [3.05, 3.63) is 35.4 Å². The van der Waals surface area contributed by atoms with Gasteiger partial charge in [-0.2, -0.15) is 0 Å². The molecule has 0 aromatic heterocycles. The van der Waals surface area contributed by atoms with E-state index in [1.54, 1.807) is 0 Å². The van der Waals surface area contributed by atoms with Gasteiger partial charge in [0.2, 0.25) is 5.91 Å². The number of amides is 1. The molecule has 18 heavy (non-hydrogen) atoms. The molecule has 3 nitrogen and oxygen atoms in total. The standard InChI is InChI=1S/C15H20N2O/c1-2-11-6-8-12(9-7-11)15-16-10-14(18)17(15)13-4-3-5-13/h6-9,13,15-16H,2-5,10H2,1H3. The Bertz CT molecular complexity index is 436. The van der Waals surface area contributed by atoms with Gasteiger partial charge in [-0.05, 0) is 36.8 Å². The van der Waals surface area contributed by atoms with E-state index in [1.165, 1.54) is 17.5 Å². The Morgan fingerprint density at radius 3 is 2.56 bits per heavy atom. The van der Waals surface area contributed by atoms with Crippen LogP contribution < -0.4 is 5.32 Å². The molecule has 1 atom stereocenters. The summed E-state index contributed by atoms with van der Waals surface area (Å²) in [7, 11) is 0. The van der Waals surface area contributed by atoms with E-state index < -0.39 is 0 Å². The Labute approximate surface area is 108 Å². The predicted octanol–water partition coefficient (Wildman–Crippen LogP) is 2.23. The molecular weight excluding hydrogens is 224 g/mol. The van der Waals surface area contributed by atoms with Gasteiger partial charge in [0.15, 0.2) is 0 Å². The third-order valence-corrected chi connectivity index (χ3v) is 4.18. The number of aryl methyl sites for hydroxylation is 1. The summed E-state index contributed by atoms with van der Waals surface area (Å²) in [6, 6.07) is 9.10. The van der Waals surface area contributed by atoms with Gasteiger partial charge in [-0.15, -0.1) is 0 Å². The average molecular weight is 244 g/mol. The number of benzene rings is 1. The second kappa shape index (κ2) is 4.73. The van der Waals surface area contributed by atoms with Gasteiger partial charge in [-0.1, -0.05) is 31.2 Å². The van der Waals surface area contributed by atoms with Crippen molar-refractivity contribution >= 4 is 5.91 Å². The van der Waals surface area contributed by atoms with Crippen LogP contribution in [0.3, 0.4) is 0 Å². The molecule has 1 aromatic carbocycles. The van der Waals surface area contributed by atoms with Gasteiger partial charge < -0.3 is 4.90 Å². The summed E-state index contributed by atoms with van der Waals surface area (Å²) >= 11 is 0. The zero-order valence-electron chi connectivity index (χ0n) is 10.9. The SMILES string of the molecule is CCc1ccc(C2NCC(=O)N2C2CCC2)cc1. The Hall–Kier alpha value is -1.35. The minimum absolute atomic E-state index is 0.0914. The first kappa shape index (κ1) is 11.7. The highest BCUT2D eigenvalue weighted by Gasteiger charge is 2.38. The molecule has 1 saturated carbocycles. The molecule has 0 radical (unpaired) electrons. The lowest BCUT2D eigenvalue weighted by atomic mass is 9.90. The van der Waals surface area contributed by atoms with E-state index in [4.69, 9.17) is 0 Å². The first-order chi connectivity index (χ1) is 8.79. The number of hydrogen-bond acceptors (Lipinski definition) is 2. The maximum absolute atomic E-state index is 12.0. The molecule has 1 unspecified atom stereocenters. The summed E-state index contributed by atoms with van der Waals surface area (Å²) in [4.78, 5) is 14.0. The largest absolute Gasteiger partial charge is 0.319 e. The van der Waals surface area contributed by atoms with Crippen molar-refractivity contribution in [2.45, 2.75) is 44.8 Å². The van der Waals surface area contributed by atoms with Crippen molar-refractivity contribution in [2.24, 2.45) is 0 Å². The van der Waals surface area contributed by atoms with Gasteiger partial charge in [0.25, 0.3) is 0 Å². The van der Waals surface area contributed by atoms with Crippen molar-refractivity contribution in [2.75, 3.05) is 6.54 Å². The molecule has 0 bridgehead atoms. The number of carbonyl (C=O) groups excluding carboxylic acids is 1. The molecule has 1 saturated heterocycles. The third kappa shape index (κ3) is 1.93. The highest BCUT2D eigenvalue weighted by Crippen LogP contribution is 2.33. The Morgan fingerprint density at radius 2 is 2.00 bits per heavy atom. The van der Waals surface area contributed by atoms with E-state index >= 15 is 0 Å². The molecule has 2 fully saturated rings. The van der Waals surface area contributed by atoms with Gasteiger partial charge in [-0.25, -0.2) is 0 Å². The summed E-state index contributed by atoms with van der Waals surface area (Å²) in [6.45, 7) is 2.64. The fraction of sp³-hybridized carbons (Fsp3) is 0.533. The number of rotatable bonds is 3. The quantitative estimate of drug-likeness (QED) is 0.884. The highest BCUT2D eigenvalue weighted by atomic mass is 16.2. The second-order valence-corrected chi connectivity index (χ2v) is 5.26. The molecule has 1 heterocycles. The van der Waals surface area contributed by atoms with Crippen molar-refractivity contribution < 1.29 is 4.79 Å². The summed E-state index contributed by atoms with van der Waals surface area (Å²) in [5.74, 6) is 0.254. The van der Waals surface area contributed by atoms with Gasteiger partial charge >= 0.3 is 0 Å². The molecule has 1 N–H and O–H groups in total. The summed E-state index contributed by atoms with van der Waals surface area (Å²) < 4.78 is 0. The minimum Gasteiger partial charge on any atom is -0.319 e. The lowest BCUT2D eigenvalue weighted by Crippen LogP contribution is -2.43. The Morgan fingerprint density at radius 1 is 1.28 bits per heavy atom. The maximum Gasteiger partial charge on any atom is 0.238 e. The van der Waals surface area contributed by atoms with Gasteiger partial charge in [0.1, 0.15) is 6.17 Å². The topological polar surface area (TPSA) is 32.3 Å². The zero-order chi connectivity index (χ0) is 12.5. The number of nitrogens with zero attached hydrogens (tertiary/aromatic N) is 1. The summed E-state index contributed by atoms with van der Waals surface area (Å²) in [6.07, 6.45) is 4.74. The molecule has 1 aliphatic heterocycles. The van der Waals surface area contributed by atoms with Crippen LogP contribution in [0.25, 0.3) is 0 Å². The number of nitrogens with one attached hydrogen (secondary N) is 1. The van der Waals surface area contributed by atoms with Crippen LogP contribution in [0.4, 0.5) is 0 Å². The van der Waals surface area contributed by atoms with E-state index in [-0.39, 0.29) is 12.1 Å². The molecule has 3 heteroatoms. The fourth-order valence-electron chi connectivity index (χ4n) is 2.81. The van der Waals surface area contributed by atoms with Crippen LogP contribution in [0, 0.1) is 0 Å². The Kier molecular flexibility index (Phi) is 3.08. The van der Waals surface area contributed by atoms with Crippen LogP contribution >= 0.6 is 0 Å². The molecule has 0 spiro atoms. The van der Waals surface area contributed by atoms with E-state index in [1.807, 2.05) is 0 Å². The lowest BCUT2D eigenvalue weighted by Gasteiger charge is -2.38. The van der Waals surface area contributed by atoms with Crippen LogP contribution in [0.15, 0.2) is 24.3 Å². The zero-order valence-corrected chi connectivity index (χ0v) is 10.9. The van der Waals surface area contributed by atoms with Crippen molar-refractivity contribution in [3.63, 3.8) is 0 Å². The van der Waals surface area contributed by atoms with E-state index in [9.17, 15) is 4.79 Å². The van der Waals surface area contributed by atoms with Crippen LogP contribution in [0.5, 0.6) is 0 Å². The van der Waals surface area contributed by atoms with Crippen LogP contribution in [0.2, 0.25) is 0 Å². The van der Waals surface area contributed by atoms with Gasteiger partial charge in [0.05, 0.1) is 6.54 Å². The molecule has 1 aromatic rings. The maximum atomic E-state index is 12.0. The monoisotopic (exact) mass is 244 g/mol. The molecule has 3 rings (SSSR count). The van der Waals surface area contributed by atoms with Crippen molar-refractivity contribution in [3.8, 4) is 0 Å². The van der Waals surface area contributed by atoms with Crippen LogP contribution in [-0.2, 0) is 11.2 Å². The summed E-state index contributed by atoms with van der Waals surface area (Å²) in [5, 5.41) is 3.34. The molecule has 2 aliphatic rings. The normalized spacial score (nSPS) is 24.4. The first-order valence-electron chi connectivity index (χ1n) is 6.93. The second-order valence-electron chi connectivity index (χ2n) is 5.26. The molecular formula is C15H20N2O. The minimum atomic E-state index is 0.0914. The van der Waals surface area contributed by atoms with Crippen LogP contribution in [0.1, 0.15) is 43.5 Å². The molecule has 1 aliphatic carbocycles.